The number of nitrogens with zero attached hydrogens (tertiary/aromatic N) is 4. The number of hydrogen-bond acceptors (Lipinski definition) is 7. The molecular weight excluding hydrogens is 594 g/mol. The highest BCUT2D eigenvalue weighted by molar-refractivity contribution is 5.95. The summed E-state index contributed by atoms with van der Waals surface area (Å²) in [4.78, 5) is 57.0. The van der Waals surface area contributed by atoms with Crippen molar-refractivity contribution in [3.05, 3.63) is 121 Å². The predicted octanol–water partition coefficient (Wildman–Crippen LogP) is 4.49. The Morgan fingerprint density at radius 2 is 1.30 bits per heavy atom. The summed E-state index contributed by atoms with van der Waals surface area (Å²) < 4.78 is 5.31. The molecule has 0 saturated heterocycles. The molecule has 0 heterocycles. The van der Waals surface area contributed by atoms with Crippen LogP contribution in [-0.2, 0) is 14.3 Å². The lowest BCUT2D eigenvalue weighted by Crippen LogP contribution is -2.32. The molecule has 2 rings (SSSR count). The minimum absolute atomic E-state index is 0.0538. The smallest absolute Gasteiger partial charge is 0.333 e. The molecule has 0 atom stereocenters. The number of hydrogen-bond donors (Lipinski definition) is 1. The Hall–Kier alpha value is -5.38. The van der Waals surface area contributed by atoms with Gasteiger partial charge < -0.3 is 29.7 Å². The number of benzene rings is 2. The molecule has 0 aliphatic heterocycles. The number of anilines is 2. The zero-order valence-electron chi connectivity index (χ0n) is 28.0. The molecule has 0 aliphatic carbocycles. The minimum Gasteiger partial charge on any atom is -0.460 e. The summed E-state index contributed by atoms with van der Waals surface area (Å²) in [6.07, 6.45) is 10.0. The van der Waals surface area contributed by atoms with E-state index >= 15 is 0 Å². The summed E-state index contributed by atoms with van der Waals surface area (Å²) >= 11 is 0. The van der Waals surface area contributed by atoms with E-state index in [0.29, 0.717) is 49.4 Å². The molecule has 47 heavy (non-hydrogen) atoms. The second-order valence-electron chi connectivity index (χ2n) is 10.9. The lowest BCUT2D eigenvalue weighted by Gasteiger charge is -2.21. The Morgan fingerprint density at radius 1 is 0.745 bits per heavy atom. The van der Waals surface area contributed by atoms with Crippen LogP contribution in [0.1, 0.15) is 27.6 Å². The first-order valence-corrected chi connectivity index (χ1v) is 15.3. The van der Waals surface area contributed by atoms with E-state index in [1.165, 1.54) is 6.08 Å². The monoisotopic (exact) mass is 641 g/mol. The Bertz CT molecular complexity index is 1440. The number of carbonyl (C=O) groups excluding carboxylic acids is 4. The largest absolute Gasteiger partial charge is 0.460 e. The van der Waals surface area contributed by atoms with Crippen molar-refractivity contribution in [3.8, 4) is 0 Å². The van der Waals surface area contributed by atoms with Gasteiger partial charge in [-0.3, -0.25) is 14.4 Å². The summed E-state index contributed by atoms with van der Waals surface area (Å²) in [6, 6.07) is 14.5. The zero-order chi connectivity index (χ0) is 34.8. The maximum atomic E-state index is 13.2. The number of esters is 1. The van der Waals surface area contributed by atoms with Crippen LogP contribution in [0.2, 0.25) is 0 Å². The average Bonchev–Trinajstić information content (AvgIpc) is 3.08. The second-order valence-corrected chi connectivity index (χ2v) is 10.9. The van der Waals surface area contributed by atoms with Gasteiger partial charge in [-0.25, -0.2) is 4.79 Å². The molecule has 250 valence electrons. The lowest BCUT2D eigenvalue weighted by molar-refractivity contribution is -0.138. The van der Waals surface area contributed by atoms with Gasteiger partial charge in [-0.2, -0.15) is 0 Å². The topological polar surface area (TPSA) is 102 Å². The predicted molar refractivity (Wildman–Crippen MR) is 190 cm³/mol. The molecule has 0 saturated carbocycles. The standard InChI is InChI=1S/C37H47N5O5/c1-8-23-41(34(43)10-3)25-11-12-26-42(24-9-2)36(45)31-15-19-33(20-16-31)40(7)27-21-29(4)37(46)47-28-22-38-35(44)30-13-17-32(18-14-30)39(5)6/h8-21H,1-3,22-28H2,4-7H3,(H,38,44)/b12-11+,29-21?. The van der Waals surface area contributed by atoms with Gasteiger partial charge in [0.2, 0.25) is 5.91 Å². The fourth-order valence-electron chi connectivity index (χ4n) is 4.28. The molecule has 0 spiro atoms. The Balaban J connectivity index is 1.85. The third-order valence-electron chi connectivity index (χ3n) is 7.11. The van der Waals surface area contributed by atoms with Gasteiger partial charge in [0.15, 0.2) is 0 Å². The fourth-order valence-corrected chi connectivity index (χ4v) is 4.28. The Kier molecular flexibility index (Phi) is 16.0. The summed E-state index contributed by atoms with van der Waals surface area (Å²) in [6.45, 7) is 14.8. The van der Waals surface area contributed by atoms with Crippen molar-refractivity contribution in [2.45, 2.75) is 6.92 Å². The van der Waals surface area contributed by atoms with E-state index in [9.17, 15) is 19.2 Å². The van der Waals surface area contributed by atoms with E-state index in [1.807, 2.05) is 67.4 Å². The van der Waals surface area contributed by atoms with Gasteiger partial charge in [-0.1, -0.05) is 37.0 Å². The van der Waals surface area contributed by atoms with Crippen LogP contribution in [0.3, 0.4) is 0 Å². The molecule has 3 amide bonds. The van der Waals surface area contributed by atoms with Gasteiger partial charge >= 0.3 is 5.97 Å². The van der Waals surface area contributed by atoms with E-state index in [4.69, 9.17) is 4.74 Å². The normalized spacial score (nSPS) is 10.9. The van der Waals surface area contributed by atoms with Gasteiger partial charge in [-0.05, 0) is 61.5 Å². The Morgan fingerprint density at radius 3 is 1.87 bits per heavy atom. The molecule has 0 unspecified atom stereocenters. The van der Waals surface area contributed by atoms with Crippen LogP contribution in [-0.4, -0.2) is 101 Å². The van der Waals surface area contributed by atoms with Gasteiger partial charge in [0, 0.05) is 81.9 Å². The minimum atomic E-state index is -0.457. The number of ether oxygens (including phenoxy) is 1. The fraction of sp³-hybridized carbons (Fsp3) is 0.297. The number of amides is 3. The van der Waals surface area contributed by atoms with E-state index < -0.39 is 5.97 Å². The molecule has 0 fully saturated rings. The molecule has 2 aromatic rings. The van der Waals surface area contributed by atoms with Gasteiger partial charge in [-0.15, -0.1) is 13.2 Å². The third kappa shape index (κ3) is 12.5. The van der Waals surface area contributed by atoms with Gasteiger partial charge in [0.1, 0.15) is 6.61 Å². The SMILES string of the molecule is C=CCN(C/C=C/CN(CC=C)C(=O)c1ccc(N(C)CC=C(C)C(=O)OCCNC(=O)c2ccc(N(C)C)cc2)cc1)C(=O)C=C. The molecule has 0 bridgehead atoms. The Labute approximate surface area is 279 Å². The van der Waals surface area contributed by atoms with Gasteiger partial charge in [0.05, 0.1) is 6.54 Å². The second kappa shape index (κ2) is 19.9. The van der Waals surface area contributed by atoms with Crippen LogP contribution in [0.15, 0.2) is 110 Å². The van der Waals surface area contributed by atoms with Crippen LogP contribution >= 0.6 is 0 Å². The molecule has 0 radical (unpaired) electrons. The molecule has 10 heteroatoms. The molecule has 0 aliphatic rings. The van der Waals surface area contributed by atoms with Crippen LogP contribution in [0.25, 0.3) is 0 Å². The summed E-state index contributed by atoms with van der Waals surface area (Å²) in [5.74, 6) is -1.03. The maximum absolute atomic E-state index is 13.2. The molecule has 1 N–H and O–H groups in total. The third-order valence-corrected chi connectivity index (χ3v) is 7.11. The van der Waals surface area contributed by atoms with Crippen LogP contribution < -0.4 is 15.1 Å². The summed E-state index contributed by atoms with van der Waals surface area (Å²) in [5.41, 5.74) is 3.37. The van der Waals surface area contributed by atoms with Crippen molar-refractivity contribution in [2.75, 3.05) is 76.8 Å². The van der Waals surface area contributed by atoms with Crippen molar-refractivity contribution in [1.82, 2.24) is 15.1 Å². The van der Waals surface area contributed by atoms with Gasteiger partial charge in [0.25, 0.3) is 11.8 Å². The van der Waals surface area contributed by atoms with Crippen molar-refractivity contribution in [1.29, 1.82) is 0 Å². The first-order chi connectivity index (χ1) is 22.5. The number of rotatable bonds is 19. The number of nitrogens with one attached hydrogen (secondary N) is 1. The van der Waals surface area contributed by atoms with Crippen LogP contribution in [0, 0.1) is 0 Å². The highest BCUT2D eigenvalue weighted by atomic mass is 16.5. The van der Waals surface area contributed by atoms with Crippen molar-refractivity contribution in [2.24, 2.45) is 0 Å². The quantitative estimate of drug-likeness (QED) is 0.104. The first-order valence-electron chi connectivity index (χ1n) is 15.3. The molecule has 0 aromatic heterocycles. The summed E-state index contributed by atoms with van der Waals surface area (Å²) in [5, 5.41) is 2.75. The van der Waals surface area contributed by atoms with E-state index in [1.54, 1.807) is 59.2 Å². The van der Waals surface area contributed by atoms with E-state index in [2.05, 4.69) is 25.1 Å². The molecule has 2 aromatic carbocycles. The van der Waals surface area contributed by atoms with Crippen molar-refractivity contribution in [3.63, 3.8) is 0 Å². The van der Waals surface area contributed by atoms with E-state index in [-0.39, 0.29) is 30.9 Å². The average molecular weight is 642 g/mol. The van der Waals surface area contributed by atoms with Crippen molar-refractivity contribution < 1.29 is 23.9 Å². The first kappa shape index (κ1) is 37.8. The maximum Gasteiger partial charge on any atom is 0.333 e. The number of likely N-dealkylation sites (N-methyl/N-ethyl adjacent to an activating group) is 1. The molecule has 10 nitrogen and oxygen atoms in total. The van der Waals surface area contributed by atoms with Crippen LogP contribution in [0.4, 0.5) is 11.4 Å². The van der Waals surface area contributed by atoms with Crippen molar-refractivity contribution >= 4 is 35.1 Å². The van der Waals surface area contributed by atoms with Crippen LogP contribution in [0.5, 0.6) is 0 Å². The lowest BCUT2D eigenvalue weighted by atomic mass is 10.1. The zero-order valence-corrected chi connectivity index (χ0v) is 28.0. The number of carbonyl (C=O) groups is 4. The summed E-state index contributed by atoms with van der Waals surface area (Å²) in [7, 11) is 5.74. The molecular formula is C37H47N5O5. The highest BCUT2D eigenvalue weighted by Crippen LogP contribution is 2.16. The van der Waals surface area contributed by atoms with E-state index in [0.717, 1.165) is 11.4 Å². The highest BCUT2D eigenvalue weighted by Gasteiger charge is 2.15.